The highest BCUT2D eigenvalue weighted by Crippen LogP contribution is 2.38. The van der Waals surface area contributed by atoms with E-state index in [9.17, 15) is 0 Å². The van der Waals surface area contributed by atoms with E-state index >= 15 is 0 Å². The molecule has 0 aliphatic heterocycles. The summed E-state index contributed by atoms with van der Waals surface area (Å²) in [5, 5.41) is 3.84. The van der Waals surface area contributed by atoms with Gasteiger partial charge in [-0.3, -0.25) is 0 Å². The molecule has 0 radical (unpaired) electrons. The van der Waals surface area contributed by atoms with E-state index in [2.05, 4.69) is 5.32 Å². The van der Waals surface area contributed by atoms with Gasteiger partial charge in [-0.15, -0.1) is 0 Å². The van der Waals surface area contributed by atoms with Gasteiger partial charge in [-0.25, -0.2) is 0 Å². The van der Waals surface area contributed by atoms with E-state index in [1.807, 2.05) is 0 Å². The average Bonchev–Trinajstić information content (AvgIpc) is 3.32. The Morgan fingerprint density at radius 1 is 0.800 bits per heavy atom. The molecule has 20 heavy (non-hydrogen) atoms. The third-order valence-corrected chi connectivity index (χ3v) is 5.78. The minimum absolute atomic E-state index is 0.788. The summed E-state index contributed by atoms with van der Waals surface area (Å²) in [6.45, 7) is 3.00. The van der Waals surface area contributed by atoms with Gasteiger partial charge in [0.1, 0.15) is 0 Å². The van der Waals surface area contributed by atoms with Gasteiger partial charge in [0.15, 0.2) is 0 Å². The van der Waals surface area contributed by atoms with Gasteiger partial charge in [-0.1, -0.05) is 44.9 Å². The van der Waals surface area contributed by atoms with Gasteiger partial charge in [0, 0.05) is 19.2 Å². The van der Waals surface area contributed by atoms with Crippen LogP contribution in [0.2, 0.25) is 0 Å². The molecule has 3 aliphatic rings. The molecular weight excluding hydrogens is 246 g/mol. The molecule has 2 unspecified atom stereocenters. The quantitative estimate of drug-likeness (QED) is 0.707. The lowest BCUT2D eigenvalue weighted by molar-refractivity contribution is 0.108. The maximum absolute atomic E-state index is 5.77. The van der Waals surface area contributed by atoms with Crippen LogP contribution in [0.3, 0.4) is 0 Å². The predicted molar refractivity (Wildman–Crippen MR) is 83.9 cm³/mol. The summed E-state index contributed by atoms with van der Waals surface area (Å²) in [4.78, 5) is 0. The fourth-order valence-corrected chi connectivity index (χ4v) is 4.39. The largest absolute Gasteiger partial charge is 0.380 e. The summed E-state index contributed by atoms with van der Waals surface area (Å²) in [5.41, 5.74) is 0. The Kier molecular flexibility index (Phi) is 5.78. The van der Waals surface area contributed by atoms with Gasteiger partial charge in [0.2, 0.25) is 0 Å². The van der Waals surface area contributed by atoms with Crippen LogP contribution in [0.4, 0.5) is 0 Å². The Bertz CT molecular complexity index is 271. The average molecular weight is 279 g/mol. The summed E-state index contributed by atoms with van der Waals surface area (Å²) in [6, 6.07) is 0.788. The Hall–Kier alpha value is -0.0800. The van der Waals surface area contributed by atoms with Crippen LogP contribution in [0, 0.1) is 17.8 Å². The SMILES string of the molecule is C1CCC(C2CCCCC2NCCOCC2CC2)CC1. The van der Waals surface area contributed by atoms with E-state index in [-0.39, 0.29) is 0 Å². The van der Waals surface area contributed by atoms with Crippen molar-refractivity contribution < 1.29 is 4.74 Å². The molecule has 0 aromatic carbocycles. The normalized spacial score (nSPS) is 32.4. The van der Waals surface area contributed by atoms with Crippen molar-refractivity contribution in [2.45, 2.75) is 76.7 Å². The zero-order valence-corrected chi connectivity index (χ0v) is 13.1. The third-order valence-electron chi connectivity index (χ3n) is 5.78. The molecule has 0 bridgehead atoms. The van der Waals surface area contributed by atoms with E-state index in [4.69, 9.17) is 4.74 Å². The summed E-state index contributed by atoms with van der Waals surface area (Å²) in [5.74, 6) is 2.89. The topological polar surface area (TPSA) is 21.3 Å². The smallest absolute Gasteiger partial charge is 0.0591 e. The molecule has 3 rings (SSSR count). The second-order valence-electron chi connectivity index (χ2n) is 7.43. The first-order chi connectivity index (χ1) is 9.93. The first kappa shape index (κ1) is 14.8. The minimum Gasteiger partial charge on any atom is -0.380 e. The zero-order chi connectivity index (χ0) is 13.6. The van der Waals surface area contributed by atoms with Gasteiger partial charge in [-0.2, -0.15) is 0 Å². The van der Waals surface area contributed by atoms with Crippen LogP contribution in [-0.4, -0.2) is 25.8 Å². The number of hydrogen-bond donors (Lipinski definition) is 1. The van der Waals surface area contributed by atoms with E-state index in [0.717, 1.165) is 43.6 Å². The van der Waals surface area contributed by atoms with Crippen molar-refractivity contribution in [2.24, 2.45) is 17.8 Å². The molecule has 116 valence electrons. The van der Waals surface area contributed by atoms with E-state index < -0.39 is 0 Å². The fourth-order valence-electron chi connectivity index (χ4n) is 4.39. The summed E-state index contributed by atoms with van der Waals surface area (Å²) < 4.78 is 5.77. The highest BCUT2D eigenvalue weighted by Gasteiger charge is 2.32. The maximum Gasteiger partial charge on any atom is 0.0591 e. The van der Waals surface area contributed by atoms with Crippen molar-refractivity contribution in [3.63, 3.8) is 0 Å². The molecule has 0 aromatic rings. The Balaban J connectivity index is 1.37. The number of ether oxygens (including phenoxy) is 1. The number of hydrogen-bond acceptors (Lipinski definition) is 2. The lowest BCUT2D eigenvalue weighted by Gasteiger charge is -2.39. The molecule has 2 atom stereocenters. The van der Waals surface area contributed by atoms with Crippen molar-refractivity contribution in [1.29, 1.82) is 0 Å². The molecule has 0 saturated heterocycles. The van der Waals surface area contributed by atoms with Crippen molar-refractivity contribution in [3.05, 3.63) is 0 Å². The second kappa shape index (κ2) is 7.79. The van der Waals surface area contributed by atoms with Crippen molar-refractivity contribution in [2.75, 3.05) is 19.8 Å². The van der Waals surface area contributed by atoms with E-state index in [0.29, 0.717) is 0 Å². The summed E-state index contributed by atoms with van der Waals surface area (Å²) in [6.07, 6.45) is 16.0. The molecule has 3 fully saturated rings. The molecule has 1 N–H and O–H groups in total. The van der Waals surface area contributed by atoms with Gasteiger partial charge < -0.3 is 10.1 Å². The Morgan fingerprint density at radius 2 is 1.55 bits per heavy atom. The van der Waals surface area contributed by atoms with Crippen molar-refractivity contribution in [1.82, 2.24) is 5.32 Å². The molecular formula is C18H33NO. The lowest BCUT2D eigenvalue weighted by Crippen LogP contribution is -2.43. The summed E-state index contributed by atoms with van der Waals surface area (Å²) in [7, 11) is 0. The molecule has 0 aromatic heterocycles. The first-order valence-electron chi connectivity index (χ1n) is 9.24. The van der Waals surface area contributed by atoms with Gasteiger partial charge in [0.05, 0.1) is 6.61 Å². The van der Waals surface area contributed by atoms with Crippen molar-refractivity contribution in [3.8, 4) is 0 Å². The van der Waals surface area contributed by atoms with Crippen LogP contribution in [0.5, 0.6) is 0 Å². The van der Waals surface area contributed by atoms with E-state index in [1.165, 1.54) is 70.6 Å². The van der Waals surface area contributed by atoms with Crippen LogP contribution in [0.1, 0.15) is 70.6 Å². The molecule has 2 nitrogen and oxygen atoms in total. The summed E-state index contributed by atoms with van der Waals surface area (Å²) >= 11 is 0. The third kappa shape index (κ3) is 4.46. The highest BCUT2D eigenvalue weighted by atomic mass is 16.5. The predicted octanol–water partition coefficient (Wildman–Crippen LogP) is 4.14. The van der Waals surface area contributed by atoms with Crippen LogP contribution in [-0.2, 0) is 4.74 Å². The van der Waals surface area contributed by atoms with Crippen LogP contribution < -0.4 is 5.32 Å². The number of rotatable bonds is 7. The van der Waals surface area contributed by atoms with Gasteiger partial charge in [-0.05, 0) is 43.4 Å². The Labute approximate surface area is 125 Å². The molecule has 3 saturated carbocycles. The molecule has 3 aliphatic carbocycles. The van der Waals surface area contributed by atoms with E-state index in [1.54, 1.807) is 0 Å². The molecule has 0 spiro atoms. The van der Waals surface area contributed by atoms with Crippen LogP contribution in [0.25, 0.3) is 0 Å². The molecule has 0 amide bonds. The standard InChI is InChI=1S/C18H33NO/c1-2-6-16(7-3-1)17-8-4-5-9-18(17)19-12-13-20-14-15-10-11-15/h15-19H,1-14H2. The van der Waals surface area contributed by atoms with Crippen LogP contribution in [0.15, 0.2) is 0 Å². The molecule has 0 heterocycles. The van der Waals surface area contributed by atoms with Gasteiger partial charge in [0.25, 0.3) is 0 Å². The molecule has 2 heteroatoms. The monoisotopic (exact) mass is 279 g/mol. The van der Waals surface area contributed by atoms with Crippen molar-refractivity contribution >= 4 is 0 Å². The highest BCUT2D eigenvalue weighted by molar-refractivity contribution is 4.86. The van der Waals surface area contributed by atoms with Gasteiger partial charge >= 0.3 is 0 Å². The number of nitrogens with one attached hydrogen (secondary N) is 1. The second-order valence-corrected chi connectivity index (χ2v) is 7.43. The first-order valence-corrected chi connectivity index (χ1v) is 9.24. The van der Waals surface area contributed by atoms with Crippen LogP contribution >= 0.6 is 0 Å². The Morgan fingerprint density at radius 3 is 2.35 bits per heavy atom. The minimum atomic E-state index is 0.788. The lowest BCUT2D eigenvalue weighted by atomic mass is 9.71. The zero-order valence-electron chi connectivity index (χ0n) is 13.1. The maximum atomic E-state index is 5.77. The fraction of sp³-hybridized carbons (Fsp3) is 1.00.